The zero-order valence-electron chi connectivity index (χ0n) is 10.9. The molecule has 2 N–H and O–H groups in total. The normalized spacial score (nSPS) is 36.4. The van der Waals surface area contributed by atoms with Gasteiger partial charge in [0.2, 0.25) is 5.92 Å². The molecule has 0 aromatic heterocycles. The highest BCUT2D eigenvalue weighted by Crippen LogP contribution is 2.49. The second-order valence-corrected chi connectivity index (χ2v) is 9.04. The van der Waals surface area contributed by atoms with E-state index in [0.29, 0.717) is 6.42 Å². The van der Waals surface area contributed by atoms with Crippen LogP contribution in [0.2, 0.25) is 0 Å². The fraction of sp³-hybridized carbons (Fsp3) is 1.00. The number of hydrogen-bond acceptors (Lipinski definition) is 3. The van der Waals surface area contributed by atoms with E-state index in [2.05, 4.69) is 0 Å². The Morgan fingerprint density at radius 2 is 1.61 bits per heavy atom. The molecule has 1 saturated heterocycles. The Bertz CT molecular complexity index is 435. The van der Waals surface area contributed by atoms with E-state index in [-0.39, 0.29) is 37.4 Å². The van der Waals surface area contributed by atoms with Crippen LogP contribution in [0.25, 0.3) is 0 Å². The lowest BCUT2D eigenvalue weighted by Gasteiger charge is -2.45. The van der Waals surface area contributed by atoms with Gasteiger partial charge in [0.05, 0.1) is 10.5 Å². The average Bonchev–Trinajstić information content (AvgIpc) is 2.43. The van der Waals surface area contributed by atoms with Gasteiger partial charge >= 0.3 is 0 Å². The van der Waals surface area contributed by atoms with E-state index in [9.17, 15) is 17.2 Å². The van der Waals surface area contributed by atoms with Crippen LogP contribution in [0, 0.1) is 5.92 Å². The molecule has 1 heterocycles. The molecule has 1 atom stereocenters. The monoisotopic (exact) mass is 281 g/mol. The molecule has 2 aliphatic rings. The van der Waals surface area contributed by atoms with E-state index >= 15 is 0 Å². The van der Waals surface area contributed by atoms with Gasteiger partial charge in [-0.25, -0.2) is 17.2 Å². The van der Waals surface area contributed by atoms with Gasteiger partial charge in [0.25, 0.3) is 0 Å². The molecule has 0 bridgehead atoms. The van der Waals surface area contributed by atoms with Crippen LogP contribution < -0.4 is 5.73 Å². The number of nitrogens with two attached hydrogens (primary N) is 1. The van der Waals surface area contributed by atoms with Crippen molar-refractivity contribution in [2.24, 2.45) is 11.7 Å². The molecule has 0 radical (unpaired) electrons. The Morgan fingerprint density at radius 3 is 2.00 bits per heavy atom. The van der Waals surface area contributed by atoms with Gasteiger partial charge in [-0.2, -0.15) is 0 Å². The zero-order valence-corrected chi connectivity index (χ0v) is 11.7. The largest absolute Gasteiger partial charge is 0.325 e. The number of halogens is 2. The molecule has 18 heavy (non-hydrogen) atoms. The minimum Gasteiger partial charge on any atom is -0.325 e. The molecule has 1 aliphatic carbocycles. The van der Waals surface area contributed by atoms with Gasteiger partial charge in [0.1, 0.15) is 0 Å². The molecule has 0 aromatic carbocycles. The minimum atomic E-state index is -3.16. The van der Waals surface area contributed by atoms with Crippen LogP contribution in [0.3, 0.4) is 0 Å². The standard InChI is InChI=1S/C12H21F2NO2S/c1-10(2)9(3-8-18(10,16)17)11(15)4-6-12(13,14)7-5-11/h9H,3-8,15H2,1-2H3. The van der Waals surface area contributed by atoms with Crippen molar-refractivity contribution in [2.75, 3.05) is 5.75 Å². The third kappa shape index (κ3) is 2.07. The summed E-state index contributed by atoms with van der Waals surface area (Å²) >= 11 is 0. The van der Waals surface area contributed by atoms with Crippen LogP contribution >= 0.6 is 0 Å². The number of alkyl halides is 2. The molecule has 3 nitrogen and oxygen atoms in total. The molecule has 0 amide bonds. The second-order valence-electron chi connectivity index (χ2n) is 6.35. The summed E-state index contributed by atoms with van der Waals surface area (Å²) in [6.07, 6.45) is 0.469. The highest BCUT2D eigenvalue weighted by molar-refractivity contribution is 7.93. The van der Waals surface area contributed by atoms with Gasteiger partial charge in [-0.3, -0.25) is 0 Å². The molecule has 2 fully saturated rings. The predicted octanol–water partition coefficient (Wildman–Crippen LogP) is 2.11. The Balaban J connectivity index is 2.23. The van der Waals surface area contributed by atoms with E-state index in [1.54, 1.807) is 13.8 Å². The smallest absolute Gasteiger partial charge is 0.248 e. The Morgan fingerprint density at radius 1 is 1.11 bits per heavy atom. The van der Waals surface area contributed by atoms with Gasteiger partial charge < -0.3 is 5.73 Å². The van der Waals surface area contributed by atoms with E-state index in [4.69, 9.17) is 5.73 Å². The predicted molar refractivity (Wildman–Crippen MR) is 66.3 cm³/mol. The van der Waals surface area contributed by atoms with Crippen LogP contribution in [0.4, 0.5) is 8.78 Å². The van der Waals surface area contributed by atoms with Gasteiger partial charge in [0.15, 0.2) is 9.84 Å². The third-order valence-corrected chi connectivity index (χ3v) is 7.58. The maximum atomic E-state index is 13.2. The van der Waals surface area contributed by atoms with Gasteiger partial charge in [-0.05, 0) is 39.0 Å². The molecule has 0 aromatic rings. The van der Waals surface area contributed by atoms with Crippen molar-refractivity contribution in [3.63, 3.8) is 0 Å². The number of sulfone groups is 1. The van der Waals surface area contributed by atoms with E-state index in [1.165, 1.54) is 0 Å². The van der Waals surface area contributed by atoms with Crippen molar-refractivity contribution in [3.8, 4) is 0 Å². The summed E-state index contributed by atoms with van der Waals surface area (Å²) < 4.78 is 49.5. The van der Waals surface area contributed by atoms with Crippen LogP contribution in [0.1, 0.15) is 46.0 Å². The fourth-order valence-corrected chi connectivity index (χ4v) is 5.37. The first-order valence-electron chi connectivity index (χ1n) is 6.39. The molecule has 6 heteroatoms. The van der Waals surface area contributed by atoms with Gasteiger partial charge in [-0.1, -0.05) is 0 Å². The number of rotatable bonds is 1. The van der Waals surface area contributed by atoms with E-state index < -0.39 is 26.0 Å². The van der Waals surface area contributed by atoms with Crippen LogP contribution in [-0.4, -0.2) is 30.4 Å². The SMILES string of the molecule is CC1(C)C(C2(N)CCC(F)(F)CC2)CCS1(=O)=O. The molecule has 2 rings (SSSR count). The summed E-state index contributed by atoms with van der Waals surface area (Å²) in [6, 6.07) is 0. The average molecular weight is 281 g/mol. The quantitative estimate of drug-likeness (QED) is 0.800. The van der Waals surface area contributed by atoms with Crippen molar-refractivity contribution in [1.29, 1.82) is 0 Å². The molecular weight excluding hydrogens is 260 g/mol. The lowest BCUT2D eigenvalue weighted by atomic mass is 9.67. The van der Waals surface area contributed by atoms with Crippen molar-refractivity contribution < 1.29 is 17.2 Å². The summed E-state index contributed by atoms with van der Waals surface area (Å²) in [6.45, 7) is 3.36. The maximum absolute atomic E-state index is 13.2. The first kappa shape index (κ1) is 14.2. The van der Waals surface area contributed by atoms with Crippen LogP contribution in [0.15, 0.2) is 0 Å². The molecule has 1 saturated carbocycles. The van der Waals surface area contributed by atoms with Crippen molar-refractivity contribution >= 4 is 9.84 Å². The molecule has 1 aliphatic heterocycles. The van der Waals surface area contributed by atoms with Crippen LogP contribution in [-0.2, 0) is 9.84 Å². The number of hydrogen-bond donors (Lipinski definition) is 1. The molecule has 1 unspecified atom stereocenters. The first-order valence-corrected chi connectivity index (χ1v) is 8.04. The maximum Gasteiger partial charge on any atom is 0.248 e. The molecule has 0 spiro atoms. The summed E-state index contributed by atoms with van der Waals surface area (Å²) in [7, 11) is -3.16. The van der Waals surface area contributed by atoms with E-state index in [0.717, 1.165) is 0 Å². The molecular formula is C12H21F2NO2S. The highest BCUT2D eigenvalue weighted by atomic mass is 32.2. The second kappa shape index (κ2) is 3.88. The summed E-state index contributed by atoms with van der Waals surface area (Å²) in [5.74, 6) is -2.73. The van der Waals surface area contributed by atoms with Crippen molar-refractivity contribution in [2.45, 2.75) is 62.2 Å². The lowest BCUT2D eigenvalue weighted by molar-refractivity contribution is -0.0603. The zero-order chi connectivity index (χ0) is 13.8. The minimum absolute atomic E-state index is 0.125. The summed E-state index contributed by atoms with van der Waals surface area (Å²) in [4.78, 5) is 0. The van der Waals surface area contributed by atoms with E-state index in [1.807, 2.05) is 0 Å². The third-order valence-electron chi connectivity index (χ3n) is 4.92. The Kier molecular flexibility index (Phi) is 3.06. The fourth-order valence-electron chi connectivity index (χ4n) is 3.51. The van der Waals surface area contributed by atoms with Crippen molar-refractivity contribution in [3.05, 3.63) is 0 Å². The summed E-state index contributed by atoms with van der Waals surface area (Å²) in [5, 5.41) is 0. The van der Waals surface area contributed by atoms with Crippen LogP contribution in [0.5, 0.6) is 0 Å². The first-order chi connectivity index (χ1) is 8.00. The van der Waals surface area contributed by atoms with Gasteiger partial charge in [-0.15, -0.1) is 0 Å². The van der Waals surface area contributed by atoms with Crippen molar-refractivity contribution in [1.82, 2.24) is 0 Å². The Hall–Kier alpha value is -0.230. The summed E-state index contributed by atoms with van der Waals surface area (Å²) in [5.41, 5.74) is 5.53. The topological polar surface area (TPSA) is 60.2 Å². The molecule has 106 valence electrons. The lowest BCUT2D eigenvalue weighted by Crippen LogP contribution is -2.57. The highest BCUT2D eigenvalue weighted by Gasteiger charge is 2.57. The Labute approximate surface area is 107 Å². The van der Waals surface area contributed by atoms with Gasteiger partial charge in [0, 0.05) is 18.4 Å².